The highest BCUT2D eigenvalue weighted by Gasteiger charge is 2.02. The van der Waals surface area contributed by atoms with E-state index < -0.39 is 0 Å². The Morgan fingerprint density at radius 2 is 1.56 bits per heavy atom. The molecule has 0 saturated heterocycles. The van der Waals surface area contributed by atoms with E-state index in [9.17, 15) is 0 Å². The zero-order valence-corrected chi connectivity index (χ0v) is 6.44. The lowest BCUT2D eigenvalue weighted by molar-refractivity contribution is -0.870. The molecule has 0 unspecified atom stereocenters. The molecule has 0 bridgehead atoms. The number of nitrogens with zero attached hydrogens (tertiary/aromatic N) is 1. The highest BCUT2D eigenvalue weighted by Crippen LogP contribution is 1.84. The van der Waals surface area contributed by atoms with Crippen molar-refractivity contribution in [2.24, 2.45) is 0 Å². The van der Waals surface area contributed by atoms with Crippen LogP contribution >= 0.6 is 0 Å². The Bertz CT molecular complexity index is 55.4. The van der Waals surface area contributed by atoms with Gasteiger partial charge in [0.05, 0.1) is 27.7 Å². The first-order chi connectivity index (χ1) is 3.06. The second-order valence-corrected chi connectivity index (χ2v) is 2.74. The number of hydrogen-bond donors (Lipinski definition) is 1. The highest BCUT2D eigenvalue weighted by atomic mass is 35.5. The maximum absolute atomic E-state index is 8.39. The van der Waals surface area contributed by atoms with Crippen LogP contribution in [0.15, 0.2) is 0 Å². The summed E-state index contributed by atoms with van der Waals surface area (Å²) < 4.78 is 0.844. The summed E-state index contributed by atoms with van der Waals surface area (Å²) in [6, 6.07) is 0. The second-order valence-electron chi connectivity index (χ2n) is 2.74. The third-order valence-electron chi connectivity index (χ3n) is 0.771. The van der Waals surface area contributed by atoms with E-state index in [1.54, 1.807) is 0 Å². The lowest BCUT2D eigenvalue weighted by Gasteiger charge is -2.21. The van der Waals surface area contributed by atoms with Gasteiger partial charge in [-0.05, 0) is 0 Å². The van der Waals surface area contributed by atoms with Crippen molar-refractivity contribution in [2.75, 3.05) is 34.3 Å². The van der Waals surface area contributed by atoms with Crippen molar-refractivity contribution in [3.05, 3.63) is 0 Å². The first-order valence-electron chi connectivity index (χ1n) is 2.47. The Morgan fingerprint density at radius 3 is 1.56 bits per heavy atom. The normalized spacial score (nSPS) is 9.33. The van der Waals surface area contributed by atoms with E-state index in [1.165, 1.54) is 0 Å². The third-order valence-corrected chi connectivity index (χ3v) is 0.771. The molecule has 0 aliphatic heterocycles. The molecule has 2 nitrogen and oxygen atoms in total. The minimum absolute atomic E-state index is 0. The van der Waals surface area contributed by atoms with Crippen LogP contribution in [-0.4, -0.2) is 66.9 Å². The molecular formula is C5H16ClMgNO. The molecule has 0 aromatic carbocycles. The zero-order chi connectivity index (χ0) is 5.91. The number of likely N-dealkylation sites (N-methyl/N-ethyl adjacent to an activating group) is 1. The molecule has 4 heteroatoms. The minimum Gasteiger partial charge on any atom is -1.00 e. The van der Waals surface area contributed by atoms with Gasteiger partial charge in [0.25, 0.3) is 0 Å². The van der Waals surface area contributed by atoms with Crippen LogP contribution in [0.4, 0.5) is 0 Å². The van der Waals surface area contributed by atoms with E-state index in [0.717, 1.165) is 11.0 Å². The number of quaternary nitrogens is 1. The molecule has 56 valence electrons. The average Bonchev–Trinajstić information content (AvgIpc) is 1.30. The molecule has 9 heavy (non-hydrogen) atoms. The van der Waals surface area contributed by atoms with Gasteiger partial charge >= 0.3 is 23.1 Å². The van der Waals surface area contributed by atoms with Gasteiger partial charge in [-0.2, -0.15) is 0 Å². The number of halogens is 1. The summed E-state index contributed by atoms with van der Waals surface area (Å²) in [6.07, 6.45) is 0. The quantitative estimate of drug-likeness (QED) is 0.325. The molecule has 0 heterocycles. The molecule has 0 fully saturated rings. The van der Waals surface area contributed by atoms with Crippen LogP contribution < -0.4 is 12.4 Å². The summed E-state index contributed by atoms with van der Waals surface area (Å²) in [5.74, 6) is 0. The number of aliphatic hydroxyl groups excluding tert-OH is 1. The van der Waals surface area contributed by atoms with Crippen LogP contribution in [-0.2, 0) is 0 Å². The Hall–Kier alpha value is 0.976. The van der Waals surface area contributed by atoms with Crippen LogP contribution in [0.1, 0.15) is 0 Å². The molecule has 0 atom stereocenters. The van der Waals surface area contributed by atoms with Crippen molar-refractivity contribution in [1.29, 1.82) is 0 Å². The van der Waals surface area contributed by atoms with E-state index in [1.807, 2.05) is 0 Å². The molecule has 0 amide bonds. The largest absolute Gasteiger partial charge is 1.00 e. The average molecular weight is 166 g/mol. The molecular weight excluding hydrogens is 150 g/mol. The fourth-order valence-electron chi connectivity index (χ4n) is 0.300. The molecule has 0 radical (unpaired) electrons. The van der Waals surface area contributed by atoms with Crippen molar-refractivity contribution >= 4 is 23.1 Å². The maximum Gasteiger partial charge on any atom is 0.316 e. The van der Waals surface area contributed by atoms with Gasteiger partial charge in [0.1, 0.15) is 6.54 Å². The zero-order valence-electron chi connectivity index (χ0n) is 5.69. The summed E-state index contributed by atoms with van der Waals surface area (Å²) in [7, 11) is 6.16. The molecule has 0 spiro atoms. The molecule has 0 aromatic heterocycles. The topological polar surface area (TPSA) is 20.2 Å². The Labute approximate surface area is 79.4 Å². The second kappa shape index (κ2) is 7.09. The SMILES string of the molecule is C[N+](C)(C)CCO.[Cl-].[MgH2]. The summed E-state index contributed by atoms with van der Waals surface area (Å²) in [5.41, 5.74) is 0. The lowest BCUT2D eigenvalue weighted by Crippen LogP contribution is -3.00. The van der Waals surface area contributed by atoms with Crippen molar-refractivity contribution < 1.29 is 22.0 Å². The van der Waals surface area contributed by atoms with Gasteiger partial charge in [0.2, 0.25) is 0 Å². The Morgan fingerprint density at radius 1 is 1.22 bits per heavy atom. The van der Waals surface area contributed by atoms with Crippen molar-refractivity contribution in [1.82, 2.24) is 0 Å². The molecule has 0 saturated carbocycles. The Kier molecular flexibility index (Phi) is 13.0. The fraction of sp³-hybridized carbons (Fsp3) is 1.00. The first kappa shape index (κ1) is 16.5. The number of hydrogen-bond acceptors (Lipinski definition) is 1. The molecule has 0 aromatic rings. The number of rotatable bonds is 2. The van der Waals surface area contributed by atoms with Gasteiger partial charge in [0.15, 0.2) is 0 Å². The van der Waals surface area contributed by atoms with Crippen LogP contribution in [0.5, 0.6) is 0 Å². The predicted octanol–water partition coefficient (Wildman–Crippen LogP) is -4.23. The molecule has 0 aliphatic carbocycles. The summed E-state index contributed by atoms with van der Waals surface area (Å²) in [6.45, 7) is 1.11. The summed E-state index contributed by atoms with van der Waals surface area (Å²) >= 11 is 0. The van der Waals surface area contributed by atoms with Crippen molar-refractivity contribution in [3.63, 3.8) is 0 Å². The van der Waals surface area contributed by atoms with Crippen LogP contribution in [0, 0.1) is 0 Å². The van der Waals surface area contributed by atoms with E-state index in [-0.39, 0.29) is 42.1 Å². The maximum atomic E-state index is 8.39. The van der Waals surface area contributed by atoms with E-state index in [4.69, 9.17) is 5.11 Å². The van der Waals surface area contributed by atoms with Gasteiger partial charge in [-0.25, -0.2) is 0 Å². The van der Waals surface area contributed by atoms with E-state index >= 15 is 0 Å². The monoisotopic (exact) mass is 165 g/mol. The van der Waals surface area contributed by atoms with Gasteiger partial charge in [-0.15, -0.1) is 0 Å². The lowest BCUT2D eigenvalue weighted by atomic mass is 10.5. The van der Waals surface area contributed by atoms with E-state index in [2.05, 4.69) is 21.1 Å². The predicted molar refractivity (Wildman–Crippen MR) is 38.5 cm³/mol. The van der Waals surface area contributed by atoms with Crippen molar-refractivity contribution in [3.8, 4) is 0 Å². The summed E-state index contributed by atoms with van der Waals surface area (Å²) in [4.78, 5) is 0. The van der Waals surface area contributed by atoms with Gasteiger partial charge in [-0.3, -0.25) is 0 Å². The highest BCUT2D eigenvalue weighted by molar-refractivity contribution is 5.75. The van der Waals surface area contributed by atoms with Gasteiger partial charge in [-0.1, -0.05) is 0 Å². The van der Waals surface area contributed by atoms with E-state index in [0.29, 0.717) is 0 Å². The smallest absolute Gasteiger partial charge is 0.316 e. The first-order valence-corrected chi connectivity index (χ1v) is 2.47. The molecule has 0 aliphatic rings. The molecule has 0 rings (SSSR count). The molecule has 1 N–H and O–H groups in total. The van der Waals surface area contributed by atoms with Crippen LogP contribution in [0.25, 0.3) is 0 Å². The fourth-order valence-corrected chi connectivity index (χ4v) is 0.300. The number of aliphatic hydroxyl groups is 1. The third kappa shape index (κ3) is 17.6. The van der Waals surface area contributed by atoms with Gasteiger partial charge in [0, 0.05) is 0 Å². The van der Waals surface area contributed by atoms with Crippen LogP contribution in [0.2, 0.25) is 0 Å². The standard InChI is InChI=1S/C5H14NO.ClH.Mg.2H/c1-6(2,3)4-5-7;;;;/h7H,4-5H2,1-3H3;1H;;;/q+1;;;;/p-1. The van der Waals surface area contributed by atoms with Crippen LogP contribution in [0.3, 0.4) is 0 Å². The van der Waals surface area contributed by atoms with Crippen molar-refractivity contribution in [2.45, 2.75) is 0 Å². The Balaban J connectivity index is -0.000000180. The minimum atomic E-state index is 0. The van der Waals surface area contributed by atoms with Gasteiger partial charge < -0.3 is 22.0 Å². The summed E-state index contributed by atoms with van der Waals surface area (Å²) in [5, 5.41) is 8.39.